The van der Waals surface area contributed by atoms with E-state index in [1.165, 1.54) is 0 Å². The molecule has 1 aromatic carbocycles. The Balaban J connectivity index is 2.60. The van der Waals surface area contributed by atoms with E-state index in [2.05, 4.69) is 10.0 Å². The molecule has 4 heteroatoms. The van der Waals surface area contributed by atoms with Crippen LogP contribution in [-0.2, 0) is 0 Å². The Bertz CT molecular complexity index is 395. The van der Waals surface area contributed by atoms with Crippen molar-refractivity contribution < 1.29 is 4.74 Å². The first kappa shape index (κ1) is 12.1. The highest BCUT2D eigenvalue weighted by molar-refractivity contribution is 5.57. The average Bonchev–Trinajstić information content (AvgIpc) is 2.31. The van der Waals surface area contributed by atoms with Crippen LogP contribution >= 0.6 is 0 Å². The van der Waals surface area contributed by atoms with Gasteiger partial charge in [0.25, 0.3) is 0 Å². The van der Waals surface area contributed by atoms with Crippen LogP contribution in [0.3, 0.4) is 0 Å². The van der Waals surface area contributed by atoms with Crippen molar-refractivity contribution in [3.8, 4) is 5.75 Å². The maximum absolute atomic E-state index is 8.11. The van der Waals surface area contributed by atoms with Gasteiger partial charge < -0.3 is 4.74 Å². The van der Waals surface area contributed by atoms with Gasteiger partial charge in [0, 0.05) is 17.0 Å². The van der Waals surface area contributed by atoms with E-state index >= 15 is 0 Å². The zero-order valence-corrected chi connectivity index (χ0v) is 9.34. The number of hydrogen-bond donors (Lipinski definition) is 0. The van der Waals surface area contributed by atoms with E-state index in [1.54, 1.807) is 0 Å². The lowest BCUT2D eigenvalue weighted by Gasteiger charge is -2.05. The minimum atomic E-state index is 0.490. The summed E-state index contributed by atoms with van der Waals surface area (Å²) in [7, 11) is 0. The van der Waals surface area contributed by atoms with Crippen LogP contribution in [0.2, 0.25) is 0 Å². The fourth-order valence-electron chi connectivity index (χ4n) is 1.29. The zero-order valence-electron chi connectivity index (χ0n) is 9.34. The molecule has 0 aliphatic carbocycles. The third-order valence-corrected chi connectivity index (χ3v) is 1.98. The lowest BCUT2D eigenvalue weighted by molar-refractivity contribution is 0.339. The van der Waals surface area contributed by atoms with Crippen molar-refractivity contribution in [3.05, 3.63) is 46.3 Å². The molecule has 16 heavy (non-hydrogen) atoms. The number of ether oxygens (including phenoxy) is 1. The molecule has 0 heterocycles. The monoisotopic (exact) mass is 217 g/mol. The molecule has 4 nitrogen and oxygen atoms in total. The largest absolute Gasteiger partial charge is 0.493 e. The first-order valence-electron chi connectivity index (χ1n) is 5.27. The van der Waals surface area contributed by atoms with Gasteiger partial charge in [-0.2, -0.15) is 0 Å². The third kappa shape index (κ3) is 4.07. The number of benzene rings is 1. The van der Waals surface area contributed by atoms with Gasteiger partial charge in [0.2, 0.25) is 0 Å². The number of para-hydroxylation sites is 1. The predicted molar refractivity (Wildman–Crippen MR) is 65.3 cm³/mol. The molecule has 0 radical (unpaired) electrons. The summed E-state index contributed by atoms with van der Waals surface area (Å²) in [6.07, 6.45) is 4.70. The summed E-state index contributed by atoms with van der Waals surface area (Å²) < 4.78 is 5.48. The Labute approximate surface area is 95.2 Å². The van der Waals surface area contributed by atoms with Gasteiger partial charge in [0.15, 0.2) is 0 Å². The maximum Gasteiger partial charge on any atom is 0.126 e. The van der Waals surface area contributed by atoms with E-state index in [1.807, 2.05) is 43.3 Å². The summed E-state index contributed by atoms with van der Waals surface area (Å²) in [5, 5.41) is 3.46. The maximum atomic E-state index is 8.11. The molecule has 0 amide bonds. The van der Waals surface area contributed by atoms with Crippen molar-refractivity contribution >= 4 is 6.08 Å². The molecule has 0 saturated carbocycles. The second kappa shape index (κ2) is 7.37. The zero-order chi connectivity index (χ0) is 11.6. The first-order chi connectivity index (χ1) is 7.88. The van der Waals surface area contributed by atoms with Gasteiger partial charge in [-0.05, 0) is 24.9 Å². The van der Waals surface area contributed by atoms with Crippen molar-refractivity contribution in [2.75, 3.05) is 13.2 Å². The molecule has 84 valence electrons. The molecule has 0 unspecified atom stereocenters. The summed E-state index contributed by atoms with van der Waals surface area (Å²) in [6, 6.07) is 7.85. The topological polar surface area (TPSA) is 58.0 Å². The van der Waals surface area contributed by atoms with Crippen LogP contribution < -0.4 is 4.74 Å². The van der Waals surface area contributed by atoms with E-state index in [0.29, 0.717) is 13.2 Å². The van der Waals surface area contributed by atoms with Gasteiger partial charge in [-0.15, -0.1) is 0 Å². The average molecular weight is 217 g/mol. The summed E-state index contributed by atoms with van der Waals surface area (Å²) in [5.41, 5.74) is 9.16. The number of hydrogen-bond acceptors (Lipinski definition) is 2. The predicted octanol–water partition coefficient (Wildman–Crippen LogP) is 3.80. The van der Waals surface area contributed by atoms with E-state index in [4.69, 9.17) is 10.3 Å². The second-order valence-electron chi connectivity index (χ2n) is 3.12. The van der Waals surface area contributed by atoms with Gasteiger partial charge in [-0.25, -0.2) is 0 Å². The van der Waals surface area contributed by atoms with Crippen molar-refractivity contribution in [1.29, 1.82) is 0 Å². The Morgan fingerprint density at radius 1 is 1.44 bits per heavy atom. The number of rotatable bonds is 6. The highest BCUT2D eigenvalue weighted by Crippen LogP contribution is 2.19. The van der Waals surface area contributed by atoms with Crippen molar-refractivity contribution in [1.82, 2.24) is 0 Å². The minimum Gasteiger partial charge on any atom is -0.493 e. The first-order valence-corrected chi connectivity index (χ1v) is 5.27. The van der Waals surface area contributed by atoms with Crippen LogP contribution in [0.15, 0.2) is 35.5 Å². The molecule has 0 aromatic heterocycles. The van der Waals surface area contributed by atoms with Crippen LogP contribution in [-0.4, -0.2) is 13.2 Å². The SMILES string of the molecule is CCOc1ccccc1C=CCCN=[N+]=[N-]. The van der Waals surface area contributed by atoms with Crippen LogP contribution in [0.25, 0.3) is 16.5 Å². The van der Waals surface area contributed by atoms with Gasteiger partial charge in [0.05, 0.1) is 6.61 Å². The van der Waals surface area contributed by atoms with Crippen molar-refractivity contribution in [3.63, 3.8) is 0 Å². The molecular weight excluding hydrogens is 202 g/mol. The van der Waals surface area contributed by atoms with Crippen LogP contribution in [0, 0.1) is 0 Å². The molecule has 0 aliphatic heterocycles. The Morgan fingerprint density at radius 3 is 3.00 bits per heavy atom. The summed E-state index contributed by atoms with van der Waals surface area (Å²) in [4.78, 5) is 2.69. The fraction of sp³-hybridized carbons (Fsp3) is 0.333. The van der Waals surface area contributed by atoms with Crippen LogP contribution in [0.5, 0.6) is 5.75 Å². The lowest BCUT2D eigenvalue weighted by atomic mass is 10.2. The summed E-state index contributed by atoms with van der Waals surface area (Å²) in [6.45, 7) is 3.11. The normalized spacial score (nSPS) is 10.1. The molecule has 0 spiro atoms. The molecule has 0 saturated heterocycles. The van der Waals surface area contributed by atoms with E-state index in [-0.39, 0.29) is 0 Å². The van der Waals surface area contributed by atoms with Crippen molar-refractivity contribution in [2.24, 2.45) is 5.11 Å². The fourth-order valence-corrected chi connectivity index (χ4v) is 1.29. The van der Waals surface area contributed by atoms with E-state index in [0.717, 1.165) is 17.7 Å². The minimum absolute atomic E-state index is 0.490. The summed E-state index contributed by atoms with van der Waals surface area (Å²) in [5.74, 6) is 0.880. The highest BCUT2D eigenvalue weighted by atomic mass is 16.5. The molecule has 0 bridgehead atoms. The lowest BCUT2D eigenvalue weighted by Crippen LogP contribution is -1.93. The second-order valence-corrected chi connectivity index (χ2v) is 3.12. The molecule has 0 atom stereocenters. The quantitative estimate of drug-likeness (QED) is 0.309. The number of azide groups is 1. The van der Waals surface area contributed by atoms with E-state index in [9.17, 15) is 0 Å². The molecule has 1 aromatic rings. The molecular formula is C12H15N3O. The standard InChI is InChI=1S/C12H15N3O/c1-2-16-12-9-4-3-7-11(12)8-5-6-10-14-15-13/h3-5,7-9H,2,6,10H2,1H3. The van der Waals surface area contributed by atoms with Gasteiger partial charge in [-0.1, -0.05) is 35.5 Å². The Kier molecular flexibility index (Phi) is 5.59. The third-order valence-electron chi connectivity index (χ3n) is 1.98. The Morgan fingerprint density at radius 2 is 2.25 bits per heavy atom. The molecule has 0 aliphatic rings. The molecule has 0 N–H and O–H groups in total. The highest BCUT2D eigenvalue weighted by Gasteiger charge is 1.96. The Hall–Kier alpha value is -1.93. The number of nitrogens with zero attached hydrogens (tertiary/aromatic N) is 3. The summed E-state index contributed by atoms with van der Waals surface area (Å²) >= 11 is 0. The van der Waals surface area contributed by atoms with Crippen LogP contribution in [0.1, 0.15) is 18.9 Å². The smallest absolute Gasteiger partial charge is 0.126 e. The molecule has 1 rings (SSSR count). The van der Waals surface area contributed by atoms with Gasteiger partial charge >= 0.3 is 0 Å². The molecule has 0 fully saturated rings. The van der Waals surface area contributed by atoms with Gasteiger partial charge in [-0.3, -0.25) is 0 Å². The van der Waals surface area contributed by atoms with Gasteiger partial charge in [0.1, 0.15) is 5.75 Å². The van der Waals surface area contributed by atoms with E-state index < -0.39 is 0 Å². The van der Waals surface area contributed by atoms with Crippen LogP contribution in [0.4, 0.5) is 0 Å². The van der Waals surface area contributed by atoms with Crippen molar-refractivity contribution in [2.45, 2.75) is 13.3 Å².